The van der Waals surface area contributed by atoms with Crippen LogP contribution in [0.4, 0.5) is 0 Å². The summed E-state index contributed by atoms with van der Waals surface area (Å²) in [5.74, 6) is -0.764. The van der Waals surface area contributed by atoms with Gasteiger partial charge in [0.25, 0.3) is 0 Å². The molecule has 0 bridgehead atoms. The molecule has 0 aliphatic heterocycles. The number of rotatable bonds is 5. The Balaban J connectivity index is 1.80. The van der Waals surface area contributed by atoms with E-state index in [2.05, 4.69) is 31.1 Å². The van der Waals surface area contributed by atoms with Crippen LogP contribution in [-0.4, -0.2) is 32.7 Å². The number of hydrogen-bond acceptors (Lipinski definition) is 4. The summed E-state index contributed by atoms with van der Waals surface area (Å²) in [6, 6.07) is 8.07. The molecule has 146 valence electrons. The van der Waals surface area contributed by atoms with Gasteiger partial charge >= 0.3 is 5.97 Å². The normalized spacial score (nSPS) is 10.9. The second kappa shape index (κ2) is 7.46. The molecule has 0 spiro atoms. The third-order valence-electron chi connectivity index (χ3n) is 5.27. The molecule has 6 nitrogen and oxygen atoms in total. The lowest BCUT2D eigenvalue weighted by Crippen LogP contribution is -2.15. The molecule has 0 saturated heterocycles. The number of carbonyl (C=O) groups is 2. The number of ether oxygens (including phenoxy) is 1. The van der Waals surface area contributed by atoms with Crippen molar-refractivity contribution in [1.82, 2.24) is 14.3 Å². The smallest absolute Gasteiger partial charge is 0.342 e. The van der Waals surface area contributed by atoms with Crippen molar-refractivity contribution in [3.63, 3.8) is 0 Å². The molecule has 0 radical (unpaired) electrons. The van der Waals surface area contributed by atoms with E-state index in [4.69, 9.17) is 4.74 Å². The fraction of sp³-hybridized carbons (Fsp3) is 0.318. The number of benzene rings is 1. The third-order valence-corrected chi connectivity index (χ3v) is 5.27. The van der Waals surface area contributed by atoms with Crippen molar-refractivity contribution in [3.8, 4) is 5.69 Å². The first-order valence-corrected chi connectivity index (χ1v) is 9.16. The molecule has 0 unspecified atom stereocenters. The zero-order valence-corrected chi connectivity index (χ0v) is 17.2. The van der Waals surface area contributed by atoms with Crippen LogP contribution in [0, 0.1) is 34.6 Å². The van der Waals surface area contributed by atoms with E-state index in [1.165, 1.54) is 17.3 Å². The number of Topliss-reactive ketones (excluding diaryl/α,β-unsaturated/α-hetero) is 1. The first-order chi connectivity index (χ1) is 13.2. The van der Waals surface area contributed by atoms with Gasteiger partial charge in [0.15, 0.2) is 6.61 Å². The molecule has 0 amide bonds. The van der Waals surface area contributed by atoms with E-state index in [-0.39, 0.29) is 12.4 Å². The maximum Gasteiger partial charge on any atom is 0.342 e. The average Bonchev–Trinajstić information content (AvgIpc) is 3.14. The fourth-order valence-electron chi connectivity index (χ4n) is 3.29. The zero-order valence-electron chi connectivity index (χ0n) is 17.2. The Morgan fingerprint density at radius 3 is 2.29 bits per heavy atom. The van der Waals surface area contributed by atoms with Gasteiger partial charge in [-0.2, -0.15) is 5.10 Å². The van der Waals surface area contributed by atoms with Crippen molar-refractivity contribution in [2.24, 2.45) is 7.05 Å². The first kappa shape index (κ1) is 19.6. The van der Waals surface area contributed by atoms with Crippen LogP contribution in [-0.2, 0) is 11.8 Å². The molecule has 0 N–H and O–H groups in total. The summed E-state index contributed by atoms with van der Waals surface area (Å²) in [6.45, 7) is 9.49. The van der Waals surface area contributed by atoms with Gasteiger partial charge in [-0.25, -0.2) is 4.79 Å². The molecule has 0 saturated carbocycles. The van der Waals surface area contributed by atoms with Crippen molar-refractivity contribution < 1.29 is 14.3 Å². The SMILES string of the molecule is Cc1ccc(-n2c(C)cc(C(=O)COC(=O)c3cnn(C)c3C)c2C)cc1C. The van der Waals surface area contributed by atoms with Crippen LogP contribution in [0.5, 0.6) is 0 Å². The van der Waals surface area contributed by atoms with E-state index in [0.717, 1.165) is 17.1 Å². The molecular weight excluding hydrogens is 354 g/mol. The van der Waals surface area contributed by atoms with Crippen molar-refractivity contribution in [1.29, 1.82) is 0 Å². The first-order valence-electron chi connectivity index (χ1n) is 9.16. The van der Waals surface area contributed by atoms with Gasteiger partial charge in [0.1, 0.15) is 5.56 Å². The fourth-order valence-corrected chi connectivity index (χ4v) is 3.29. The van der Waals surface area contributed by atoms with E-state index in [1.54, 1.807) is 18.7 Å². The second-order valence-electron chi connectivity index (χ2n) is 7.16. The highest BCUT2D eigenvalue weighted by Gasteiger charge is 2.20. The van der Waals surface area contributed by atoms with Crippen molar-refractivity contribution in [2.75, 3.05) is 6.61 Å². The Morgan fingerprint density at radius 1 is 0.964 bits per heavy atom. The number of hydrogen-bond donors (Lipinski definition) is 0. The van der Waals surface area contributed by atoms with Crippen molar-refractivity contribution in [2.45, 2.75) is 34.6 Å². The van der Waals surface area contributed by atoms with Crippen molar-refractivity contribution in [3.05, 3.63) is 69.8 Å². The van der Waals surface area contributed by atoms with Crippen LogP contribution < -0.4 is 0 Å². The number of esters is 1. The van der Waals surface area contributed by atoms with Gasteiger partial charge in [-0.1, -0.05) is 6.07 Å². The molecule has 6 heteroatoms. The van der Waals surface area contributed by atoms with Crippen LogP contribution in [0.2, 0.25) is 0 Å². The topological polar surface area (TPSA) is 66.1 Å². The van der Waals surface area contributed by atoms with Crippen LogP contribution in [0.3, 0.4) is 0 Å². The number of nitrogens with zero attached hydrogens (tertiary/aromatic N) is 3. The zero-order chi connectivity index (χ0) is 20.6. The van der Waals surface area contributed by atoms with Gasteiger partial charge in [-0.15, -0.1) is 0 Å². The van der Waals surface area contributed by atoms with E-state index in [0.29, 0.717) is 16.8 Å². The van der Waals surface area contributed by atoms with E-state index in [9.17, 15) is 9.59 Å². The molecule has 28 heavy (non-hydrogen) atoms. The van der Waals surface area contributed by atoms with Gasteiger partial charge in [0, 0.05) is 35.4 Å². The van der Waals surface area contributed by atoms with Crippen LogP contribution in [0.25, 0.3) is 5.69 Å². The van der Waals surface area contributed by atoms with Gasteiger partial charge in [0.05, 0.1) is 6.20 Å². The quantitative estimate of drug-likeness (QED) is 0.500. The lowest BCUT2D eigenvalue weighted by Gasteiger charge is -2.12. The number of aromatic nitrogens is 3. The van der Waals surface area contributed by atoms with Gasteiger partial charge in [0.2, 0.25) is 5.78 Å². The summed E-state index contributed by atoms with van der Waals surface area (Å²) in [4.78, 5) is 24.9. The van der Waals surface area contributed by atoms with E-state index in [1.807, 2.05) is 30.5 Å². The Bertz CT molecular complexity index is 1070. The van der Waals surface area contributed by atoms with E-state index >= 15 is 0 Å². The molecule has 2 heterocycles. The van der Waals surface area contributed by atoms with Crippen LogP contribution in [0.15, 0.2) is 30.5 Å². The highest BCUT2D eigenvalue weighted by atomic mass is 16.5. The minimum absolute atomic E-state index is 0.224. The molecule has 0 aliphatic carbocycles. The Morgan fingerprint density at radius 2 is 1.68 bits per heavy atom. The predicted molar refractivity (Wildman–Crippen MR) is 107 cm³/mol. The predicted octanol–water partition coefficient (Wildman–Crippen LogP) is 3.79. The van der Waals surface area contributed by atoms with Gasteiger partial charge < -0.3 is 9.30 Å². The highest BCUT2D eigenvalue weighted by Crippen LogP contribution is 2.23. The standard InChI is InChI=1S/C22H25N3O3/c1-13-7-8-18(9-14(13)2)25-15(3)10-19(17(25)5)21(26)12-28-22(27)20-11-23-24(6)16(20)4/h7-11H,12H2,1-6H3. The molecule has 0 fully saturated rings. The minimum Gasteiger partial charge on any atom is -0.454 e. The van der Waals surface area contributed by atoms with Gasteiger partial charge in [-0.3, -0.25) is 9.48 Å². The Hall–Kier alpha value is -3.15. The number of aryl methyl sites for hydroxylation is 4. The maximum atomic E-state index is 12.7. The lowest BCUT2D eigenvalue weighted by atomic mass is 10.1. The summed E-state index contributed by atoms with van der Waals surface area (Å²) in [7, 11) is 1.75. The summed E-state index contributed by atoms with van der Waals surface area (Å²) in [5, 5.41) is 4.03. The Kier molecular flexibility index (Phi) is 5.23. The summed E-state index contributed by atoms with van der Waals surface area (Å²) in [5.41, 5.74) is 6.85. The van der Waals surface area contributed by atoms with Crippen LogP contribution in [0.1, 0.15) is 48.9 Å². The molecule has 3 aromatic rings. The Labute approximate surface area is 164 Å². The van der Waals surface area contributed by atoms with Crippen molar-refractivity contribution >= 4 is 11.8 Å². The summed E-state index contributed by atoms with van der Waals surface area (Å²) >= 11 is 0. The molecule has 3 rings (SSSR count). The third kappa shape index (κ3) is 3.50. The maximum absolute atomic E-state index is 12.7. The van der Waals surface area contributed by atoms with E-state index < -0.39 is 5.97 Å². The molecule has 1 aromatic carbocycles. The summed E-state index contributed by atoms with van der Waals surface area (Å²) in [6.07, 6.45) is 1.45. The molecular formula is C22H25N3O3. The van der Waals surface area contributed by atoms with Crippen LogP contribution >= 0.6 is 0 Å². The number of carbonyl (C=O) groups excluding carboxylic acids is 2. The molecule has 0 aliphatic rings. The highest BCUT2D eigenvalue weighted by molar-refractivity contribution is 6.00. The minimum atomic E-state index is -0.540. The molecule has 0 atom stereocenters. The monoisotopic (exact) mass is 379 g/mol. The lowest BCUT2D eigenvalue weighted by molar-refractivity contribution is 0.0473. The second-order valence-corrected chi connectivity index (χ2v) is 7.16. The average molecular weight is 379 g/mol. The number of ketones is 1. The molecule has 2 aromatic heterocycles. The largest absolute Gasteiger partial charge is 0.454 e. The summed E-state index contributed by atoms with van der Waals surface area (Å²) < 4.78 is 8.87. The van der Waals surface area contributed by atoms with Gasteiger partial charge in [-0.05, 0) is 63.9 Å².